The van der Waals surface area contributed by atoms with Gasteiger partial charge in [-0.2, -0.15) is 0 Å². The highest BCUT2D eigenvalue weighted by molar-refractivity contribution is 5.92. The predicted octanol–water partition coefficient (Wildman–Crippen LogP) is 6.24. The molecule has 3 N–H and O–H groups in total. The van der Waals surface area contributed by atoms with Gasteiger partial charge in [-0.25, -0.2) is 22.4 Å². The molecule has 232 valence electrons. The van der Waals surface area contributed by atoms with Gasteiger partial charge >= 0.3 is 6.03 Å². The largest absolute Gasteiger partial charge is 0.324 e. The normalized spacial score (nSPS) is 19.6. The maximum absolute atomic E-state index is 15.3. The Morgan fingerprint density at radius 1 is 0.911 bits per heavy atom. The van der Waals surface area contributed by atoms with E-state index in [1.807, 2.05) is 35.2 Å². The zero-order chi connectivity index (χ0) is 31.6. The Morgan fingerprint density at radius 3 is 2.38 bits per heavy atom. The molecule has 1 saturated carbocycles. The molecule has 1 aliphatic carbocycles. The van der Waals surface area contributed by atoms with E-state index in [9.17, 15) is 22.8 Å². The van der Waals surface area contributed by atoms with Crippen LogP contribution in [-0.4, -0.2) is 47.0 Å². The number of hydrogen-bond donors (Lipinski definition) is 3. The molecule has 2 fully saturated rings. The van der Waals surface area contributed by atoms with Gasteiger partial charge in [0.15, 0.2) is 0 Å². The smallest absolute Gasteiger partial charge is 0.322 e. The molecule has 2 aliphatic rings. The number of pyridine rings is 1. The van der Waals surface area contributed by atoms with Gasteiger partial charge in [0.2, 0.25) is 5.91 Å². The summed E-state index contributed by atoms with van der Waals surface area (Å²) in [5.74, 6) is -4.14. The predicted molar refractivity (Wildman–Crippen MR) is 162 cm³/mol. The van der Waals surface area contributed by atoms with Gasteiger partial charge in [0.1, 0.15) is 23.3 Å². The summed E-state index contributed by atoms with van der Waals surface area (Å²) in [7, 11) is 0. The van der Waals surface area contributed by atoms with Crippen LogP contribution in [0.5, 0.6) is 0 Å². The van der Waals surface area contributed by atoms with E-state index in [2.05, 4.69) is 20.9 Å². The summed E-state index contributed by atoms with van der Waals surface area (Å²) in [5.41, 5.74) is 1.28. The molecule has 2 heterocycles. The van der Waals surface area contributed by atoms with Crippen molar-refractivity contribution in [2.24, 2.45) is 5.92 Å². The van der Waals surface area contributed by atoms with E-state index in [0.29, 0.717) is 37.3 Å². The number of carbonyl (C=O) groups excluding carboxylic acids is 2. The van der Waals surface area contributed by atoms with Crippen molar-refractivity contribution in [3.63, 3.8) is 0 Å². The minimum Gasteiger partial charge on any atom is -0.324 e. The number of nitrogens with one attached hydrogen (secondary N) is 3. The zero-order valence-corrected chi connectivity index (χ0v) is 24.2. The van der Waals surface area contributed by atoms with E-state index in [1.54, 1.807) is 0 Å². The summed E-state index contributed by atoms with van der Waals surface area (Å²) in [4.78, 5) is 32.4. The molecule has 3 amide bonds. The summed E-state index contributed by atoms with van der Waals surface area (Å²) < 4.78 is 57.2. The van der Waals surface area contributed by atoms with Crippen LogP contribution in [-0.2, 0) is 11.2 Å². The van der Waals surface area contributed by atoms with Crippen LogP contribution in [0, 0.1) is 29.2 Å². The van der Waals surface area contributed by atoms with Gasteiger partial charge in [-0.3, -0.25) is 9.78 Å². The van der Waals surface area contributed by atoms with Crippen molar-refractivity contribution in [1.29, 1.82) is 0 Å². The molecule has 11 heteroatoms. The van der Waals surface area contributed by atoms with E-state index in [1.165, 1.54) is 30.5 Å². The number of hydrogen-bond acceptors (Lipinski definition) is 4. The molecule has 4 aromatic rings. The van der Waals surface area contributed by atoms with Gasteiger partial charge in [-0.1, -0.05) is 30.3 Å². The van der Waals surface area contributed by atoms with Crippen molar-refractivity contribution in [2.45, 2.75) is 30.7 Å². The molecule has 3 aromatic carbocycles. The first-order chi connectivity index (χ1) is 21.7. The van der Waals surface area contributed by atoms with Crippen LogP contribution in [0.2, 0.25) is 0 Å². The molecule has 0 unspecified atom stereocenters. The Labute approximate surface area is 257 Å². The van der Waals surface area contributed by atoms with Crippen LogP contribution in [0.1, 0.15) is 35.4 Å². The quantitative estimate of drug-likeness (QED) is 0.205. The third kappa shape index (κ3) is 6.68. The number of piperazine rings is 1. The number of halogens is 4. The second kappa shape index (κ2) is 12.7. The summed E-state index contributed by atoms with van der Waals surface area (Å²) in [6.07, 6.45) is 3.08. The molecule has 3 atom stereocenters. The van der Waals surface area contributed by atoms with Crippen LogP contribution in [0.25, 0.3) is 0 Å². The number of urea groups is 1. The van der Waals surface area contributed by atoms with Crippen molar-refractivity contribution in [2.75, 3.05) is 30.3 Å². The van der Waals surface area contributed by atoms with Crippen molar-refractivity contribution < 1.29 is 27.2 Å². The lowest BCUT2D eigenvalue weighted by molar-refractivity contribution is -0.116. The number of amides is 3. The van der Waals surface area contributed by atoms with E-state index >= 15 is 4.39 Å². The van der Waals surface area contributed by atoms with Crippen LogP contribution in [0.4, 0.5) is 33.7 Å². The van der Waals surface area contributed by atoms with Crippen LogP contribution in [0.3, 0.4) is 0 Å². The summed E-state index contributed by atoms with van der Waals surface area (Å²) >= 11 is 0. The van der Waals surface area contributed by atoms with Gasteiger partial charge in [0.05, 0.1) is 23.6 Å². The Kier molecular flexibility index (Phi) is 8.53. The van der Waals surface area contributed by atoms with Crippen molar-refractivity contribution >= 4 is 23.3 Å². The molecule has 1 aromatic heterocycles. The first kappa shape index (κ1) is 30.3. The summed E-state index contributed by atoms with van der Waals surface area (Å²) in [6.45, 7) is 1.67. The molecule has 7 nitrogen and oxygen atoms in total. The number of benzene rings is 3. The zero-order valence-electron chi connectivity index (χ0n) is 24.2. The Morgan fingerprint density at radius 2 is 1.64 bits per heavy atom. The molecule has 45 heavy (non-hydrogen) atoms. The molecule has 0 bridgehead atoms. The Balaban J connectivity index is 1.20. The van der Waals surface area contributed by atoms with Gasteiger partial charge in [0.25, 0.3) is 0 Å². The number of aromatic nitrogens is 1. The fraction of sp³-hybridized carbons (Fsp3) is 0.265. The topological polar surface area (TPSA) is 86.4 Å². The summed E-state index contributed by atoms with van der Waals surface area (Å²) in [6, 6.07) is 17.2. The van der Waals surface area contributed by atoms with E-state index in [4.69, 9.17) is 0 Å². The molecular weight excluding hydrogens is 586 g/mol. The lowest BCUT2D eigenvalue weighted by Gasteiger charge is -2.38. The summed E-state index contributed by atoms with van der Waals surface area (Å²) in [5, 5.41) is 9.04. The monoisotopic (exact) mass is 617 g/mol. The highest BCUT2D eigenvalue weighted by atomic mass is 19.1. The molecule has 6 rings (SSSR count). The maximum atomic E-state index is 15.3. The van der Waals surface area contributed by atoms with Crippen molar-refractivity contribution in [1.82, 2.24) is 15.2 Å². The molecular formula is C34H31F4N5O2. The van der Waals surface area contributed by atoms with E-state index in [-0.39, 0.29) is 41.6 Å². The minimum absolute atomic E-state index is 0.0818. The molecule has 1 spiro atoms. The van der Waals surface area contributed by atoms with E-state index < -0.39 is 40.6 Å². The number of anilines is 2. The number of carbonyl (C=O) groups is 2. The average Bonchev–Trinajstić information content (AvgIpc) is 3.69. The number of para-hydroxylation sites is 1. The standard InChI is InChI=1S/C34H31F4N5O2/c35-24-8-6-21(7-9-24)28(22-12-25(36)15-26(37)13-22)16-32(44)42-31-19-40-18-30(38)29(31)14-23-17-34(23)20-39-10-11-43(34)33(45)41-27-4-2-1-3-5-27/h1-9,12-13,15,18-19,23,28,39H,10-11,14,16-17,20H2,(H,41,45)(H,42,44)/t23-,28+,34+/m1/s1. The maximum Gasteiger partial charge on any atom is 0.322 e. The highest BCUT2D eigenvalue weighted by Gasteiger charge is 2.60. The number of rotatable bonds is 8. The van der Waals surface area contributed by atoms with Gasteiger partial charge in [0, 0.05) is 49.3 Å². The van der Waals surface area contributed by atoms with Crippen LogP contribution in [0.15, 0.2) is 85.2 Å². The molecule has 0 radical (unpaired) electrons. The lowest BCUT2D eigenvalue weighted by atomic mass is 9.88. The van der Waals surface area contributed by atoms with Crippen LogP contribution >= 0.6 is 0 Å². The fourth-order valence-corrected chi connectivity index (χ4v) is 6.32. The average molecular weight is 618 g/mol. The first-order valence-corrected chi connectivity index (χ1v) is 14.7. The van der Waals surface area contributed by atoms with Gasteiger partial charge in [-0.15, -0.1) is 0 Å². The minimum atomic E-state index is -0.809. The second-order valence-electron chi connectivity index (χ2n) is 11.5. The van der Waals surface area contributed by atoms with E-state index in [0.717, 1.165) is 24.4 Å². The van der Waals surface area contributed by atoms with Crippen molar-refractivity contribution in [3.05, 3.63) is 125 Å². The van der Waals surface area contributed by atoms with Crippen molar-refractivity contribution in [3.8, 4) is 0 Å². The van der Waals surface area contributed by atoms with Gasteiger partial charge in [-0.05, 0) is 66.3 Å². The SMILES string of the molecule is O=C(C[C@@H](c1ccc(F)cc1)c1cc(F)cc(F)c1)Nc1cncc(F)c1C[C@@H]1C[C@]12CNCCN2C(=O)Nc1ccccc1. The Hall–Kier alpha value is -4.77. The highest BCUT2D eigenvalue weighted by Crippen LogP contribution is 2.51. The van der Waals surface area contributed by atoms with Crippen LogP contribution < -0.4 is 16.0 Å². The molecule has 1 saturated heterocycles. The molecule has 1 aliphatic heterocycles. The fourth-order valence-electron chi connectivity index (χ4n) is 6.32. The lowest BCUT2D eigenvalue weighted by Crippen LogP contribution is -2.57. The third-order valence-electron chi connectivity index (χ3n) is 8.63. The second-order valence-corrected chi connectivity index (χ2v) is 11.5. The number of nitrogens with zero attached hydrogens (tertiary/aromatic N) is 2. The van der Waals surface area contributed by atoms with Gasteiger partial charge < -0.3 is 20.9 Å². The third-order valence-corrected chi connectivity index (χ3v) is 8.63. The Bertz CT molecular complexity index is 1680. The first-order valence-electron chi connectivity index (χ1n) is 14.7.